The van der Waals surface area contributed by atoms with Crippen LogP contribution in [0.4, 0.5) is 5.69 Å². The van der Waals surface area contributed by atoms with Crippen LogP contribution in [0.2, 0.25) is 0 Å². The van der Waals surface area contributed by atoms with E-state index in [1.807, 2.05) is 25.1 Å². The molecule has 0 aliphatic rings. The molecule has 0 aliphatic carbocycles. The third kappa shape index (κ3) is 2.56. The van der Waals surface area contributed by atoms with E-state index in [1.54, 1.807) is 0 Å². The Balaban J connectivity index is 0.00000112. The van der Waals surface area contributed by atoms with Crippen LogP contribution in [0, 0.1) is 6.92 Å². The van der Waals surface area contributed by atoms with Crippen molar-refractivity contribution in [3.05, 3.63) is 24.0 Å². The van der Waals surface area contributed by atoms with Gasteiger partial charge in [0.1, 0.15) is 11.3 Å². The highest BCUT2D eigenvalue weighted by molar-refractivity contribution is 5.98. The molecular formula is C10H15N3O3. The lowest BCUT2D eigenvalue weighted by Crippen LogP contribution is -2.05. The van der Waals surface area contributed by atoms with Gasteiger partial charge in [-0.2, -0.15) is 0 Å². The first-order valence-corrected chi connectivity index (χ1v) is 4.40. The van der Waals surface area contributed by atoms with Crippen molar-refractivity contribution in [1.29, 1.82) is 0 Å². The van der Waals surface area contributed by atoms with Crippen LogP contribution in [0.1, 0.15) is 12.7 Å². The van der Waals surface area contributed by atoms with E-state index in [0.29, 0.717) is 0 Å². The van der Waals surface area contributed by atoms with Crippen LogP contribution < -0.4 is 5.32 Å². The highest BCUT2D eigenvalue weighted by Gasteiger charge is 2.05. The van der Waals surface area contributed by atoms with E-state index in [9.17, 15) is 4.79 Å². The standard InChI is InChI=1S/C10H11N3O.2H2O/c1-6-11-8-4-3-5-9(10(8)12-6)13-7(2)14;;/h3-5H,1-2H3,(H,11,12)(H,13,14);2*1H2. The van der Waals surface area contributed by atoms with Crippen molar-refractivity contribution >= 4 is 22.6 Å². The van der Waals surface area contributed by atoms with Crippen molar-refractivity contribution in [2.45, 2.75) is 13.8 Å². The van der Waals surface area contributed by atoms with Gasteiger partial charge in [-0.3, -0.25) is 4.79 Å². The van der Waals surface area contributed by atoms with Crippen LogP contribution >= 0.6 is 0 Å². The van der Waals surface area contributed by atoms with Crippen LogP contribution in [0.3, 0.4) is 0 Å². The van der Waals surface area contributed by atoms with Gasteiger partial charge < -0.3 is 21.3 Å². The fraction of sp³-hybridized carbons (Fsp3) is 0.200. The second-order valence-corrected chi connectivity index (χ2v) is 3.21. The number of para-hydroxylation sites is 1. The van der Waals surface area contributed by atoms with Gasteiger partial charge >= 0.3 is 0 Å². The first-order chi connectivity index (χ1) is 6.66. The fourth-order valence-corrected chi connectivity index (χ4v) is 1.45. The zero-order valence-corrected chi connectivity index (χ0v) is 9.09. The Kier molecular flexibility index (Phi) is 4.61. The average molecular weight is 225 g/mol. The summed E-state index contributed by atoms with van der Waals surface area (Å²) < 4.78 is 0. The number of imidazole rings is 1. The van der Waals surface area contributed by atoms with Crippen molar-refractivity contribution < 1.29 is 15.7 Å². The molecule has 6 N–H and O–H groups in total. The number of H-pyrrole nitrogens is 1. The number of hydrogen-bond donors (Lipinski definition) is 2. The lowest BCUT2D eigenvalue weighted by Gasteiger charge is -2.01. The topological polar surface area (TPSA) is 121 Å². The van der Waals surface area contributed by atoms with Gasteiger partial charge in [0.05, 0.1) is 11.2 Å². The summed E-state index contributed by atoms with van der Waals surface area (Å²) in [5.74, 6) is 0.760. The van der Waals surface area contributed by atoms with Crippen LogP contribution in [-0.4, -0.2) is 26.8 Å². The number of fused-ring (bicyclic) bond motifs is 1. The molecule has 6 nitrogen and oxygen atoms in total. The third-order valence-electron chi connectivity index (χ3n) is 1.94. The maximum Gasteiger partial charge on any atom is 0.221 e. The molecule has 0 atom stereocenters. The van der Waals surface area contributed by atoms with E-state index in [0.717, 1.165) is 22.5 Å². The molecule has 2 aromatic rings. The molecule has 1 heterocycles. The largest absolute Gasteiger partial charge is 0.412 e. The SMILES string of the molecule is CC(=O)Nc1cccc2[nH]c(C)nc12.O.O. The number of amides is 1. The molecule has 6 heteroatoms. The minimum absolute atomic E-state index is 0. The molecule has 1 aromatic carbocycles. The normalized spacial score (nSPS) is 9.12. The maximum atomic E-state index is 10.9. The molecule has 2 rings (SSSR count). The van der Waals surface area contributed by atoms with Crippen molar-refractivity contribution in [2.24, 2.45) is 0 Å². The summed E-state index contributed by atoms with van der Waals surface area (Å²) in [5.41, 5.74) is 2.49. The van der Waals surface area contributed by atoms with Gasteiger partial charge in [-0.25, -0.2) is 4.98 Å². The van der Waals surface area contributed by atoms with Gasteiger partial charge in [-0.1, -0.05) is 6.07 Å². The number of rotatable bonds is 1. The van der Waals surface area contributed by atoms with Crippen molar-refractivity contribution in [3.8, 4) is 0 Å². The zero-order valence-electron chi connectivity index (χ0n) is 9.09. The molecule has 16 heavy (non-hydrogen) atoms. The molecule has 0 saturated carbocycles. The Hall–Kier alpha value is -1.92. The first-order valence-electron chi connectivity index (χ1n) is 4.40. The Bertz CT molecular complexity index is 493. The molecule has 88 valence electrons. The monoisotopic (exact) mass is 225 g/mol. The van der Waals surface area contributed by atoms with Gasteiger partial charge in [0.15, 0.2) is 0 Å². The molecule has 0 aliphatic heterocycles. The molecule has 0 spiro atoms. The van der Waals surface area contributed by atoms with E-state index in [1.165, 1.54) is 6.92 Å². The summed E-state index contributed by atoms with van der Waals surface area (Å²) >= 11 is 0. The molecule has 0 bridgehead atoms. The minimum atomic E-state index is -0.0850. The number of aromatic amines is 1. The quantitative estimate of drug-likeness (QED) is 0.719. The minimum Gasteiger partial charge on any atom is -0.412 e. The fourth-order valence-electron chi connectivity index (χ4n) is 1.45. The van der Waals surface area contributed by atoms with E-state index >= 15 is 0 Å². The Morgan fingerprint density at radius 1 is 1.38 bits per heavy atom. The number of aryl methyl sites for hydroxylation is 1. The summed E-state index contributed by atoms with van der Waals surface area (Å²) in [6.07, 6.45) is 0. The van der Waals surface area contributed by atoms with E-state index < -0.39 is 0 Å². The van der Waals surface area contributed by atoms with Crippen LogP contribution in [-0.2, 0) is 4.79 Å². The average Bonchev–Trinajstić information content (AvgIpc) is 2.45. The smallest absolute Gasteiger partial charge is 0.221 e. The molecular weight excluding hydrogens is 210 g/mol. The van der Waals surface area contributed by atoms with E-state index in [4.69, 9.17) is 0 Å². The van der Waals surface area contributed by atoms with Crippen LogP contribution in [0.5, 0.6) is 0 Å². The number of anilines is 1. The summed E-state index contributed by atoms with van der Waals surface area (Å²) in [6.45, 7) is 3.37. The van der Waals surface area contributed by atoms with Gasteiger partial charge in [0, 0.05) is 6.92 Å². The van der Waals surface area contributed by atoms with Crippen molar-refractivity contribution in [2.75, 3.05) is 5.32 Å². The molecule has 1 aromatic heterocycles. The second kappa shape index (κ2) is 5.24. The maximum absolute atomic E-state index is 10.9. The third-order valence-corrected chi connectivity index (χ3v) is 1.94. The Morgan fingerprint density at radius 3 is 2.69 bits per heavy atom. The summed E-state index contributed by atoms with van der Waals surface area (Å²) in [6, 6.07) is 5.65. The summed E-state index contributed by atoms with van der Waals surface area (Å²) in [4.78, 5) is 18.3. The summed E-state index contributed by atoms with van der Waals surface area (Å²) in [5, 5.41) is 2.74. The van der Waals surface area contributed by atoms with Gasteiger partial charge in [-0.15, -0.1) is 0 Å². The number of nitrogens with zero attached hydrogens (tertiary/aromatic N) is 1. The molecule has 0 saturated heterocycles. The number of carbonyl (C=O) groups excluding carboxylic acids is 1. The molecule has 0 unspecified atom stereocenters. The second-order valence-electron chi connectivity index (χ2n) is 3.21. The zero-order chi connectivity index (χ0) is 10.1. The van der Waals surface area contributed by atoms with Crippen molar-refractivity contribution in [1.82, 2.24) is 9.97 Å². The van der Waals surface area contributed by atoms with Crippen molar-refractivity contribution in [3.63, 3.8) is 0 Å². The number of aromatic nitrogens is 2. The van der Waals surface area contributed by atoms with E-state index in [-0.39, 0.29) is 16.9 Å². The van der Waals surface area contributed by atoms with Gasteiger partial charge in [0.2, 0.25) is 5.91 Å². The number of hydrogen-bond acceptors (Lipinski definition) is 2. The highest BCUT2D eigenvalue weighted by Crippen LogP contribution is 2.20. The van der Waals surface area contributed by atoms with Crippen LogP contribution in [0.25, 0.3) is 11.0 Å². The number of benzene rings is 1. The summed E-state index contributed by atoms with van der Waals surface area (Å²) in [7, 11) is 0. The molecule has 0 radical (unpaired) electrons. The first kappa shape index (κ1) is 14.1. The number of carbonyl (C=O) groups is 1. The van der Waals surface area contributed by atoms with Gasteiger partial charge in [-0.05, 0) is 19.1 Å². The van der Waals surface area contributed by atoms with Crippen LogP contribution in [0.15, 0.2) is 18.2 Å². The van der Waals surface area contributed by atoms with E-state index in [2.05, 4.69) is 15.3 Å². The predicted molar refractivity (Wildman–Crippen MR) is 62.4 cm³/mol. The Labute approximate surface area is 92.3 Å². The lowest BCUT2D eigenvalue weighted by atomic mass is 10.2. The van der Waals surface area contributed by atoms with Gasteiger partial charge in [0.25, 0.3) is 0 Å². The lowest BCUT2D eigenvalue weighted by molar-refractivity contribution is -0.114. The highest BCUT2D eigenvalue weighted by atomic mass is 16.1. The molecule has 0 fully saturated rings. The molecule has 1 amide bonds. The predicted octanol–water partition coefficient (Wildman–Crippen LogP) is 0.180. The Morgan fingerprint density at radius 2 is 2.06 bits per heavy atom. The number of nitrogens with one attached hydrogen (secondary N) is 2.